The van der Waals surface area contributed by atoms with Gasteiger partial charge in [-0.3, -0.25) is 4.98 Å². The number of nitrogens with zero attached hydrogens (tertiary/aromatic N) is 1. The highest BCUT2D eigenvalue weighted by Crippen LogP contribution is 2.41. The van der Waals surface area contributed by atoms with Gasteiger partial charge in [0.1, 0.15) is 11.9 Å². The summed E-state index contributed by atoms with van der Waals surface area (Å²) in [4.78, 5) is 4.10. The lowest BCUT2D eigenvalue weighted by molar-refractivity contribution is -0.125. The zero-order valence-electron chi connectivity index (χ0n) is 11.1. The Hall–Kier alpha value is -1.13. The molecule has 0 aliphatic heterocycles. The first-order chi connectivity index (χ1) is 8.72. The van der Waals surface area contributed by atoms with E-state index in [1.165, 1.54) is 6.42 Å². The van der Waals surface area contributed by atoms with E-state index in [-0.39, 0.29) is 0 Å². The van der Waals surface area contributed by atoms with E-state index in [4.69, 9.17) is 9.47 Å². The standard InChI is InChI=1S/C14H21NO3/c1-17-12-8-11(9-15-10-12)13(16)14(18-2)6-4-3-5-7-14/h8-10,13,16H,3-7H2,1-2H3. The first kappa shape index (κ1) is 13.3. The van der Waals surface area contributed by atoms with Crippen molar-refractivity contribution < 1.29 is 14.6 Å². The van der Waals surface area contributed by atoms with Crippen molar-refractivity contribution in [2.24, 2.45) is 0 Å². The molecular weight excluding hydrogens is 230 g/mol. The van der Waals surface area contributed by atoms with Crippen LogP contribution in [0.3, 0.4) is 0 Å². The number of aliphatic hydroxyl groups is 1. The summed E-state index contributed by atoms with van der Waals surface area (Å²) in [5.74, 6) is 0.661. The Balaban J connectivity index is 2.24. The topological polar surface area (TPSA) is 51.6 Å². The third-order valence-electron chi connectivity index (χ3n) is 3.89. The van der Waals surface area contributed by atoms with Crippen LogP contribution in [0.25, 0.3) is 0 Å². The lowest BCUT2D eigenvalue weighted by Crippen LogP contribution is -2.40. The van der Waals surface area contributed by atoms with Crippen LogP contribution in [0.1, 0.15) is 43.8 Å². The summed E-state index contributed by atoms with van der Waals surface area (Å²) in [5, 5.41) is 10.6. The van der Waals surface area contributed by atoms with E-state index in [9.17, 15) is 5.11 Å². The van der Waals surface area contributed by atoms with Gasteiger partial charge in [0, 0.05) is 18.9 Å². The summed E-state index contributed by atoms with van der Waals surface area (Å²) in [6.07, 6.45) is 7.87. The second-order valence-electron chi connectivity index (χ2n) is 4.89. The van der Waals surface area contributed by atoms with Crippen LogP contribution in [0.15, 0.2) is 18.5 Å². The van der Waals surface area contributed by atoms with Gasteiger partial charge in [-0.15, -0.1) is 0 Å². The molecule has 2 rings (SSSR count). The Kier molecular flexibility index (Phi) is 4.19. The van der Waals surface area contributed by atoms with Crippen LogP contribution in [0.4, 0.5) is 0 Å². The largest absolute Gasteiger partial charge is 0.495 e. The van der Waals surface area contributed by atoms with Gasteiger partial charge in [0.2, 0.25) is 0 Å². The number of ether oxygens (including phenoxy) is 2. The molecule has 18 heavy (non-hydrogen) atoms. The molecule has 1 fully saturated rings. The molecule has 4 heteroatoms. The number of rotatable bonds is 4. The molecule has 0 saturated heterocycles. The van der Waals surface area contributed by atoms with E-state index in [0.29, 0.717) is 5.75 Å². The third-order valence-corrected chi connectivity index (χ3v) is 3.89. The summed E-state index contributed by atoms with van der Waals surface area (Å²) < 4.78 is 10.8. The van der Waals surface area contributed by atoms with Crippen LogP contribution < -0.4 is 4.74 Å². The van der Waals surface area contributed by atoms with Crippen molar-refractivity contribution in [3.8, 4) is 5.75 Å². The average Bonchev–Trinajstić information content (AvgIpc) is 2.47. The molecule has 0 spiro atoms. The number of aliphatic hydroxyl groups excluding tert-OH is 1. The summed E-state index contributed by atoms with van der Waals surface area (Å²) in [7, 11) is 3.28. The highest BCUT2D eigenvalue weighted by atomic mass is 16.5. The maximum atomic E-state index is 10.6. The minimum atomic E-state index is -0.648. The SMILES string of the molecule is COc1cncc(C(O)C2(OC)CCCCC2)c1. The van der Waals surface area contributed by atoms with Crippen molar-refractivity contribution in [3.05, 3.63) is 24.0 Å². The smallest absolute Gasteiger partial charge is 0.137 e. The molecular formula is C14H21NO3. The first-order valence-electron chi connectivity index (χ1n) is 6.44. The van der Waals surface area contributed by atoms with Crippen LogP contribution >= 0.6 is 0 Å². The maximum absolute atomic E-state index is 10.6. The Labute approximate surface area is 108 Å². The van der Waals surface area contributed by atoms with E-state index >= 15 is 0 Å². The Bertz CT molecular complexity index is 388. The molecule has 1 aliphatic carbocycles. The van der Waals surface area contributed by atoms with Crippen molar-refractivity contribution in [3.63, 3.8) is 0 Å². The fraction of sp³-hybridized carbons (Fsp3) is 0.643. The lowest BCUT2D eigenvalue weighted by Gasteiger charge is -2.40. The Morgan fingerprint density at radius 1 is 1.22 bits per heavy atom. The quantitative estimate of drug-likeness (QED) is 0.893. The molecule has 1 atom stereocenters. The van der Waals surface area contributed by atoms with Crippen LogP contribution in [-0.4, -0.2) is 29.9 Å². The number of methoxy groups -OCH3 is 2. The zero-order chi connectivity index (χ0) is 13.0. The second kappa shape index (κ2) is 5.67. The summed E-state index contributed by atoms with van der Waals surface area (Å²) in [6.45, 7) is 0. The Morgan fingerprint density at radius 3 is 2.56 bits per heavy atom. The molecule has 0 radical (unpaired) electrons. The van der Waals surface area contributed by atoms with E-state index in [2.05, 4.69) is 4.98 Å². The maximum Gasteiger partial charge on any atom is 0.137 e. The van der Waals surface area contributed by atoms with Crippen LogP contribution in [-0.2, 0) is 4.74 Å². The van der Waals surface area contributed by atoms with Gasteiger partial charge >= 0.3 is 0 Å². The zero-order valence-corrected chi connectivity index (χ0v) is 11.1. The van der Waals surface area contributed by atoms with Crippen molar-refractivity contribution in [1.82, 2.24) is 4.98 Å². The summed E-state index contributed by atoms with van der Waals surface area (Å²) in [5.41, 5.74) is 0.296. The molecule has 4 nitrogen and oxygen atoms in total. The molecule has 1 saturated carbocycles. The normalized spacial score (nSPS) is 20.4. The van der Waals surface area contributed by atoms with E-state index < -0.39 is 11.7 Å². The molecule has 100 valence electrons. The van der Waals surface area contributed by atoms with Crippen molar-refractivity contribution >= 4 is 0 Å². The molecule has 0 amide bonds. The molecule has 1 aromatic rings. The third kappa shape index (κ3) is 2.49. The van der Waals surface area contributed by atoms with Gasteiger partial charge in [-0.1, -0.05) is 19.3 Å². The second-order valence-corrected chi connectivity index (χ2v) is 4.89. The molecule has 1 heterocycles. The number of hydrogen-bond acceptors (Lipinski definition) is 4. The van der Waals surface area contributed by atoms with E-state index in [0.717, 1.165) is 31.2 Å². The summed E-state index contributed by atoms with van der Waals surface area (Å²) >= 11 is 0. The van der Waals surface area contributed by atoms with Crippen molar-refractivity contribution in [2.45, 2.75) is 43.8 Å². The van der Waals surface area contributed by atoms with Gasteiger partial charge in [0.05, 0.1) is 18.9 Å². The van der Waals surface area contributed by atoms with Crippen LogP contribution in [0, 0.1) is 0 Å². The van der Waals surface area contributed by atoms with Gasteiger partial charge in [-0.05, 0) is 18.9 Å². The predicted molar refractivity (Wildman–Crippen MR) is 68.6 cm³/mol. The van der Waals surface area contributed by atoms with E-state index in [1.54, 1.807) is 26.6 Å². The fourth-order valence-corrected chi connectivity index (χ4v) is 2.74. The Morgan fingerprint density at radius 2 is 1.94 bits per heavy atom. The van der Waals surface area contributed by atoms with Crippen molar-refractivity contribution in [2.75, 3.05) is 14.2 Å². The van der Waals surface area contributed by atoms with Gasteiger partial charge in [-0.25, -0.2) is 0 Å². The van der Waals surface area contributed by atoms with Gasteiger partial charge in [0.25, 0.3) is 0 Å². The molecule has 1 unspecified atom stereocenters. The van der Waals surface area contributed by atoms with Gasteiger partial charge < -0.3 is 14.6 Å². The molecule has 1 aromatic heterocycles. The van der Waals surface area contributed by atoms with Gasteiger partial charge in [-0.2, -0.15) is 0 Å². The highest BCUT2D eigenvalue weighted by molar-refractivity contribution is 5.27. The number of hydrogen-bond donors (Lipinski definition) is 1. The fourth-order valence-electron chi connectivity index (χ4n) is 2.74. The lowest BCUT2D eigenvalue weighted by atomic mass is 9.78. The van der Waals surface area contributed by atoms with Crippen molar-refractivity contribution in [1.29, 1.82) is 0 Å². The first-order valence-corrected chi connectivity index (χ1v) is 6.44. The minimum absolute atomic E-state index is 0.466. The molecule has 0 aromatic carbocycles. The monoisotopic (exact) mass is 251 g/mol. The molecule has 0 bridgehead atoms. The molecule has 1 aliphatic rings. The number of aromatic nitrogens is 1. The summed E-state index contributed by atoms with van der Waals surface area (Å²) in [6, 6.07) is 1.83. The van der Waals surface area contributed by atoms with Gasteiger partial charge in [0.15, 0.2) is 0 Å². The highest BCUT2D eigenvalue weighted by Gasteiger charge is 2.40. The minimum Gasteiger partial charge on any atom is -0.495 e. The molecule has 1 N–H and O–H groups in total. The number of pyridine rings is 1. The van der Waals surface area contributed by atoms with Crippen LogP contribution in [0.5, 0.6) is 5.75 Å². The van der Waals surface area contributed by atoms with Crippen LogP contribution in [0.2, 0.25) is 0 Å². The predicted octanol–water partition coefficient (Wildman–Crippen LogP) is 2.47. The van der Waals surface area contributed by atoms with E-state index in [1.807, 2.05) is 6.07 Å². The average molecular weight is 251 g/mol.